The third-order valence-electron chi connectivity index (χ3n) is 5.85. The highest BCUT2D eigenvalue weighted by atomic mass is 35.5. The van der Waals surface area contributed by atoms with Crippen molar-refractivity contribution in [2.45, 2.75) is 25.9 Å². The molecule has 0 saturated carbocycles. The van der Waals surface area contributed by atoms with Crippen LogP contribution in [-0.2, 0) is 18.2 Å². The molecule has 8 nitrogen and oxygen atoms in total. The molecular weight excluding hydrogens is 459 g/mol. The highest BCUT2D eigenvalue weighted by Crippen LogP contribution is 2.29. The summed E-state index contributed by atoms with van der Waals surface area (Å²) in [7, 11) is 1.86. The summed E-state index contributed by atoms with van der Waals surface area (Å²) in [5.41, 5.74) is 1.97. The lowest BCUT2D eigenvalue weighted by Gasteiger charge is -2.33. The molecule has 0 N–H and O–H groups in total. The molecule has 0 unspecified atom stereocenters. The maximum absolute atomic E-state index is 15.0. The number of morpholine rings is 1. The maximum atomic E-state index is 15.0. The molecular formula is C24H24ClFN6O2. The second-order valence-corrected chi connectivity index (χ2v) is 8.78. The van der Waals surface area contributed by atoms with Gasteiger partial charge in [-0.25, -0.2) is 18.8 Å². The van der Waals surface area contributed by atoms with Crippen LogP contribution in [0.5, 0.6) is 0 Å². The van der Waals surface area contributed by atoms with Gasteiger partial charge in [-0.3, -0.25) is 9.48 Å². The number of aryl methyl sites for hydroxylation is 2. The standard InChI is InChI=1S/C24H24ClFN6O2/c1-3-4-17-10-23(33)32-22(28-17)11-21(29-24(32)18-6-5-16(25)9-19(18)26)31-7-8-34-20(14-31)15-12-27-30(2)13-15/h5-6,9-13,20H,3-4,7-8,14H2,1-2H3/t20-/m1/s1. The van der Waals surface area contributed by atoms with E-state index in [1.165, 1.54) is 22.6 Å². The van der Waals surface area contributed by atoms with E-state index in [0.717, 1.165) is 12.0 Å². The van der Waals surface area contributed by atoms with Crippen LogP contribution in [-0.4, -0.2) is 43.8 Å². The predicted octanol–water partition coefficient (Wildman–Crippen LogP) is 3.81. The first-order valence-corrected chi connectivity index (χ1v) is 11.5. The predicted molar refractivity (Wildman–Crippen MR) is 128 cm³/mol. The lowest BCUT2D eigenvalue weighted by atomic mass is 10.1. The number of rotatable bonds is 5. The molecule has 1 atom stereocenters. The van der Waals surface area contributed by atoms with Crippen molar-refractivity contribution in [3.05, 3.63) is 75.2 Å². The first-order valence-electron chi connectivity index (χ1n) is 11.2. The molecule has 1 fully saturated rings. The van der Waals surface area contributed by atoms with Crippen LogP contribution in [0.2, 0.25) is 5.02 Å². The van der Waals surface area contributed by atoms with Crippen LogP contribution >= 0.6 is 11.6 Å². The zero-order valence-electron chi connectivity index (χ0n) is 18.9. The van der Waals surface area contributed by atoms with Crippen molar-refractivity contribution < 1.29 is 9.13 Å². The van der Waals surface area contributed by atoms with E-state index >= 15 is 0 Å². The zero-order chi connectivity index (χ0) is 23.8. The summed E-state index contributed by atoms with van der Waals surface area (Å²) >= 11 is 5.97. The number of anilines is 1. The summed E-state index contributed by atoms with van der Waals surface area (Å²) in [6.45, 7) is 3.66. The molecule has 176 valence electrons. The van der Waals surface area contributed by atoms with Gasteiger partial charge < -0.3 is 9.64 Å². The van der Waals surface area contributed by atoms with Crippen LogP contribution < -0.4 is 10.5 Å². The summed E-state index contributed by atoms with van der Waals surface area (Å²) in [6.07, 6.45) is 5.06. The van der Waals surface area contributed by atoms with Gasteiger partial charge in [0, 0.05) is 54.7 Å². The highest BCUT2D eigenvalue weighted by Gasteiger charge is 2.26. The first-order chi connectivity index (χ1) is 16.4. The molecule has 1 aliphatic rings. The second kappa shape index (κ2) is 9.15. The average molecular weight is 483 g/mol. The molecule has 1 aromatic carbocycles. The lowest BCUT2D eigenvalue weighted by Crippen LogP contribution is -2.39. The highest BCUT2D eigenvalue weighted by molar-refractivity contribution is 6.30. The Hall–Kier alpha value is -3.30. The summed E-state index contributed by atoms with van der Waals surface area (Å²) in [4.78, 5) is 24.6. The van der Waals surface area contributed by atoms with Gasteiger partial charge in [-0.1, -0.05) is 24.9 Å². The summed E-state index contributed by atoms with van der Waals surface area (Å²) in [6, 6.07) is 7.60. The maximum Gasteiger partial charge on any atom is 0.259 e. The van der Waals surface area contributed by atoms with Crippen LogP contribution in [0.15, 0.2) is 47.5 Å². The largest absolute Gasteiger partial charge is 0.370 e. The van der Waals surface area contributed by atoms with E-state index in [4.69, 9.17) is 26.3 Å². The molecule has 10 heteroatoms. The lowest BCUT2D eigenvalue weighted by molar-refractivity contribution is 0.0395. The van der Waals surface area contributed by atoms with Crippen LogP contribution in [0.4, 0.5) is 10.2 Å². The Morgan fingerprint density at radius 1 is 1.24 bits per heavy atom. The topological polar surface area (TPSA) is 77.5 Å². The molecule has 0 spiro atoms. The fourth-order valence-corrected chi connectivity index (χ4v) is 4.39. The molecule has 0 radical (unpaired) electrons. The number of ether oxygens (including phenoxy) is 1. The Labute approximate surface area is 200 Å². The fraction of sp³-hybridized carbons (Fsp3) is 0.333. The quantitative estimate of drug-likeness (QED) is 0.430. The van der Waals surface area contributed by atoms with Crippen LogP contribution in [0, 0.1) is 5.82 Å². The van der Waals surface area contributed by atoms with Crippen molar-refractivity contribution in [2.75, 3.05) is 24.6 Å². The van der Waals surface area contributed by atoms with Gasteiger partial charge in [0.25, 0.3) is 5.56 Å². The van der Waals surface area contributed by atoms with Crippen molar-refractivity contribution in [2.24, 2.45) is 7.05 Å². The second-order valence-electron chi connectivity index (χ2n) is 8.34. The Morgan fingerprint density at radius 2 is 2.09 bits per heavy atom. The van der Waals surface area contributed by atoms with Gasteiger partial charge in [-0.15, -0.1) is 0 Å². The van der Waals surface area contributed by atoms with Crippen molar-refractivity contribution in [3.8, 4) is 11.4 Å². The van der Waals surface area contributed by atoms with E-state index in [9.17, 15) is 9.18 Å². The molecule has 0 amide bonds. The summed E-state index contributed by atoms with van der Waals surface area (Å²) in [5.74, 6) is 0.229. The Balaban J connectivity index is 1.65. The third kappa shape index (κ3) is 4.28. The van der Waals surface area contributed by atoms with E-state index in [0.29, 0.717) is 43.3 Å². The van der Waals surface area contributed by atoms with E-state index in [1.54, 1.807) is 23.0 Å². The molecule has 0 aliphatic carbocycles. The Morgan fingerprint density at radius 3 is 2.82 bits per heavy atom. The minimum atomic E-state index is -0.557. The average Bonchev–Trinajstić information content (AvgIpc) is 3.25. The number of benzene rings is 1. The van der Waals surface area contributed by atoms with Crippen LogP contribution in [0.3, 0.4) is 0 Å². The number of nitrogens with zero attached hydrogens (tertiary/aromatic N) is 6. The minimum Gasteiger partial charge on any atom is -0.370 e. The monoisotopic (exact) mass is 482 g/mol. The smallest absolute Gasteiger partial charge is 0.259 e. The van der Waals surface area contributed by atoms with E-state index in [-0.39, 0.29) is 28.1 Å². The van der Waals surface area contributed by atoms with Crippen LogP contribution in [0.25, 0.3) is 17.0 Å². The number of aromatic nitrogens is 5. The van der Waals surface area contributed by atoms with Gasteiger partial charge in [0.1, 0.15) is 23.4 Å². The molecule has 1 aliphatic heterocycles. The van der Waals surface area contributed by atoms with Gasteiger partial charge in [0.05, 0.1) is 18.4 Å². The van der Waals surface area contributed by atoms with E-state index in [1.807, 2.05) is 20.2 Å². The Bertz CT molecular complexity index is 1420. The van der Waals surface area contributed by atoms with Crippen LogP contribution in [0.1, 0.15) is 30.7 Å². The van der Waals surface area contributed by atoms with Gasteiger partial charge in [0.15, 0.2) is 5.82 Å². The normalized spacial score (nSPS) is 16.4. The van der Waals surface area contributed by atoms with E-state index in [2.05, 4.69) is 10.00 Å². The van der Waals surface area contributed by atoms with Gasteiger partial charge in [-0.2, -0.15) is 5.10 Å². The molecule has 1 saturated heterocycles. The Kier molecular flexibility index (Phi) is 6.05. The summed E-state index contributed by atoms with van der Waals surface area (Å²) < 4.78 is 24.0. The number of hydrogen-bond donors (Lipinski definition) is 0. The third-order valence-corrected chi connectivity index (χ3v) is 6.09. The molecule has 4 heterocycles. The first kappa shape index (κ1) is 22.5. The molecule has 4 aromatic rings. The number of halogens is 2. The van der Waals surface area contributed by atoms with Crippen molar-refractivity contribution in [1.29, 1.82) is 0 Å². The van der Waals surface area contributed by atoms with Crippen molar-refractivity contribution in [3.63, 3.8) is 0 Å². The fourth-order valence-electron chi connectivity index (χ4n) is 4.23. The zero-order valence-corrected chi connectivity index (χ0v) is 19.7. The summed E-state index contributed by atoms with van der Waals surface area (Å²) in [5, 5.41) is 4.51. The van der Waals surface area contributed by atoms with Gasteiger partial charge >= 0.3 is 0 Å². The molecule has 5 rings (SSSR count). The van der Waals surface area contributed by atoms with Gasteiger partial charge in [0.2, 0.25) is 0 Å². The number of hydrogen-bond acceptors (Lipinski definition) is 6. The molecule has 0 bridgehead atoms. The van der Waals surface area contributed by atoms with Gasteiger partial charge in [-0.05, 0) is 24.6 Å². The SMILES string of the molecule is CCCc1cc(=O)n2c(-c3ccc(Cl)cc3F)nc(N3CCO[C@@H](c4cnn(C)c4)C3)cc2n1. The number of fused-ring (bicyclic) bond motifs is 1. The minimum absolute atomic E-state index is 0.181. The molecule has 34 heavy (non-hydrogen) atoms. The van der Waals surface area contributed by atoms with E-state index < -0.39 is 5.82 Å². The van der Waals surface area contributed by atoms with Crippen molar-refractivity contribution >= 4 is 23.1 Å². The molecule has 3 aromatic heterocycles. The van der Waals surface area contributed by atoms with Crippen molar-refractivity contribution in [1.82, 2.24) is 24.1 Å².